The normalized spacial score (nSPS) is 20.7. The van der Waals surface area contributed by atoms with Crippen LogP contribution in [0.5, 0.6) is 0 Å². The predicted octanol–water partition coefficient (Wildman–Crippen LogP) is 6.62. The molecule has 0 spiro atoms. The molecule has 0 aliphatic carbocycles. The van der Waals surface area contributed by atoms with Gasteiger partial charge in [-0.05, 0) is 138 Å². The summed E-state index contributed by atoms with van der Waals surface area (Å²) in [5.41, 5.74) is 1.50. The van der Waals surface area contributed by atoms with Crippen LogP contribution in [0, 0.1) is 0 Å². The van der Waals surface area contributed by atoms with Crippen LogP contribution < -0.4 is 5.32 Å². The highest BCUT2D eigenvalue weighted by atomic mass is 16.5. The van der Waals surface area contributed by atoms with Crippen LogP contribution in [-0.4, -0.2) is 181 Å². The lowest BCUT2D eigenvalue weighted by atomic mass is 10.0. The quantitative estimate of drug-likeness (QED) is 0.250. The zero-order valence-corrected chi connectivity index (χ0v) is 38.4. The molecule has 0 atom stereocenters. The van der Waals surface area contributed by atoms with Gasteiger partial charge in [0.05, 0.1) is 18.8 Å². The van der Waals surface area contributed by atoms with Crippen molar-refractivity contribution >= 4 is 0 Å². The molecule has 9 nitrogen and oxygen atoms in total. The number of nitrogens with one attached hydrogen (secondary N) is 1. The van der Waals surface area contributed by atoms with E-state index in [1.807, 2.05) is 0 Å². The Morgan fingerprint density at radius 3 is 1.00 bits per heavy atom. The molecule has 0 aromatic rings. The summed E-state index contributed by atoms with van der Waals surface area (Å²) < 4.78 is 11.5. The van der Waals surface area contributed by atoms with Gasteiger partial charge in [0.1, 0.15) is 0 Å². The molecule has 1 N–H and O–H groups in total. The number of hydrogen-bond donors (Lipinski definition) is 1. The van der Waals surface area contributed by atoms with E-state index in [1.54, 1.807) is 0 Å². The third-order valence-corrected chi connectivity index (χ3v) is 10.4. The minimum absolute atomic E-state index is 0.00671. The Bertz CT molecular complexity index is 885. The van der Waals surface area contributed by atoms with E-state index in [1.165, 1.54) is 78.5 Å². The lowest BCUT2D eigenvalue weighted by molar-refractivity contribution is -0.0219. The molecule has 9 heteroatoms. The van der Waals surface area contributed by atoms with Crippen molar-refractivity contribution in [1.82, 2.24) is 34.7 Å². The minimum atomic E-state index is -0.00671. The van der Waals surface area contributed by atoms with Crippen molar-refractivity contribution in [3.63, 3.8) is 0 Å². The molecular formula is C43H93N7O2. The molecule has 3 fully saturated rings. The largest absolute Gasteiger partial charge is 0.380 e. The Hall–Kier alpha value is -0.360. The Morgan fingerprint density at radius 1 is 0.404 bits per heavy atom. The molecule has 0 bridgehead atoms. The lowest BCUT2D eigenvalue weighted by Crippen LogP contribution is -2.57. The second-order valence-electron chi connectivity index (χ2n) is 21.4. The fourth-order valence-electron chi connectivity index (χ4n) is 6.75. The summed E-state index contributed by atoms with van der Waals surface area (Å²) in [6.07, 6.45) is 1.09. The predicted molar refractivity (Wildman–Crippen MR) is 227 cm³/mol. The summed E-state index contributed by atoms with van der Waals surface area (Å²) in [7, 11) is 0. The molecule has 3 saturated heterocycles. The Morgan fingerprint density at radius 2 is 0.712 bits per heavy atom. The van der Waals surface area contributed by atoms with E-state index in [2.05, 4.69) is 159 Å². The summed E-state index contributed by atoms with van der Waals surface area (Å²) >= 11 is 0. The molecule has 0 unspecified atom stereocenters. The fourth-order valence-corrected chi connectivity index (χ4v) is 6.75. The molecule has 312 valence electrons. The van der Waals surface area contributed by atoms with Gasteiger partial charge in [-0.25, -0.2) is 0 Å². The first kappa shape index (κ1) is 49.7. The van der Waals surface area contributed by atoms with Crippen LogP contribution in [0.3, 0.4) is 0 Å². The topological polar surface area (TPSA) is 49.9 Å². The SMILES string of the molecule is CC(C)(C)N1CCN(C(C)(C)C)CC1.CC(C)(C)NCCCOCCN1CCN(C(C)(C)C)CC1.CC(C)(C)OCCN1CCN(C(C)(C)C)CC1. The summed E-state index contributed by atoms with van der Waals surface area (Å²) in [5.74, 6) is 0. The maximum Gasteiger partial charge on any atom is 0.0600 e. The first-order valence-corrected chi connectivity index (χ1v) is 21.0. The summed E-state index contributed by atoms with van der Waals surface area (Å²) in [6.45, 7) is 60.6. The molecule has 3 aliphatic rings. The van der Waals surface area contributed by atoms with Gasteiger partial charge in [0, 0.05) is 126 Å². The van der Waals surface area contributed by atoms with Crippen LogP contribution in [0.1, 0.15) is 131 Å². The van der Waals surface area contributed by atoms with Crippen LogP contribution in [0.15, 0.2) is 0 Å². The average Bonchev–Trinajstić information content (AvgIpc) is 2.99. The van der Waals surface area contributed by atoms with Gasteiger partial charge in [0.15, 0.2) is 0 Å². The van der Waals surface area contributed by atoms with Gasteiger partial charge in [-0.15, -0.1) is 0 Å². The van der Waals surface area contributed by atoms with E-state index in [9.17, 15) is 0 Å². The van der Waals surface area contributed by atoms with Crippen molar-refractivity contribution in [2.24, 2.45) is 0 Å². The van der Waals surface area contributed by atoms with Gasteiger partial charge in [-0.2, -0.15) is 0 Å². The third-order valence-electron chi connectivity index (χ3n) is 10.4. The summed E-state index contributed by atoms with van der Waals surface area (Å²) in [6, 6.07) is 0. The van der Waals surface area contributed by atoms with Crippen LogP contribution in [-0.2, 0) is 9.47 Å². The van der Waals surface area contributed by atoms with Gasteiger partial charge in [-0.1, -0.05) is 0 Å². The molecule has 3 rings (SSSR count). The molecule has 0 saturated carbocycles. The van der Waals surface area contributed by atoms with E-state index in [4.69, 9.17) is 9.47 Å². The molecule has 52 heavy (non-hydrogen) atoms. The van der Waals surface area contributed by atoms with E-state index in [-0.39, 0.29) is 11.1 Å². The number of ether oxygens (including phenoxy) is 2. The van der Waals surface area contributed by atoms with Crippen LogP contribution in [0.25, 0.3) is 0 Å². The standard InChI is InChI=1S/C17H37N3O.C14H30N2O.C12H26N2/c1-16(2,3)18-8-7-14-21-15-13-19-9-11-20(12-10-19)17(4,5)6;1-13(2,3)16-9-7-15(8-10-16)11-12-17-14(4,5)6;1-11(2,3)13-7-9-14(10-8-13)12(4,5)6/h18H,7-15H2,1-6H3;7-12H2,1-6H3;7-10H2,1-6H3. The van der Waals surface area contributed by atoms with E-state index < -0.39 is 0 Å². The lowest BCUT2D eigenvalue weighted by Gasteiger charge is -2.46. The highest BCUT2D eigenvalue weighted by molar-refractivity contribution is 4.87. The monoisotopic (exact) mass is 740 g/mol. The molecule has 0 amide bonds. The number of rotatable bonds is 10. The zero-order valence-electron chi connectivity index (χ0n) is 38.4. The van der Waals surface area contributed by atoms with Crippen molar-refractivity contribution in [3.8, 4) is 0 Å². The third kappa shape index (κ3) is 22.9. The van der Waals surface area contributed by atoms with Gasteiger partial charge >= 0.3 is 0 Å². The minimum Gasteiger partial charge on any atom is -0.380 e. The first-order valence-electron chi connectivity index (χ1n) is 21.0. The maximum absolute atomic E-state index is 5.77. The molecule has 3 heterocycles. The maximum atomic E-state index is 5.77. The van der Waals surface area contributed by atoms with Crippen molar-refractivity contribution in [1.29, 1.82) is 0 Å². The Kier molecular flexibility index (Phi) is 20.8. The Balaban J connectivity index is 0.000000398. The molecule has 0 aromatic heterocycles. The van der Waals surface area contributed by atoms with Gasteiger partial charge in [0.25, 0.3) is 0 Å². The van der Waals surface area contributed by atoms with Crippen LogP contribution in [0.4, 0.5) is 0 Å². The summed E-state index contributed by atoms with van der Waals surface area (Å²) in [4.78, 5) is 15.3. The second kappa shape index (κ2) is 21.8. The highest BCUT2D eigenvalue weighted by Gasteiger charge is 2.30. The van der Waals surface area contributed by atoms with Crippen molar-refractivity contribution in [2.45, 2.75) is 164 Å². The molecule has 3 aliphatic heterocycles. The molecule has 0 radical (unpaired) electrons. The molecule has 0 aromatic carbocycles. The van der Waals surface area contributed by atoms with E-state index >= 15 is 0 Å². The average molecular weight is 740 g/mol. The number of piperazine rings is 3. The second-order valence-corrected chi connectivity index (χ2v) is 21.4. The number of nitrogens with zero attached hydrogens (tertiary/aromatic N) is 6. The van der Waals surface area contributed by atoms with Crippen LogP contribution >= 0.6 is 0 Å². The van der Waals surface area contributed by atoms with Crippen molar-refractivity contribution in [2.75, 3.05) is 118 Å². The number of hydrogen-bond acceptors (Lipinski definition) is 9. The first-order chi connectivity index (χ1) is 23.6. The van der Waals surface area contributed by atoms with Gasteiger partial charge < -0.3 is 14.8 Å². The smallest absolute Gasteiger partial charge is 0.0600 e. The van der Waals surface area contributed by atoms with Crippen LogP contribution in [0.2, 0.25) is 0 Å². The zero-order chi connectivity index (χ0) is 40.0. The van der Waals surface area contributed by atoms with E-state index in [0.29, 0.717) is 22.2 Å². The fraction of sp³-hybridized carbons (Fsp3) is 1.00. The Labute approximate surface area is 325 Å². The summed E-state index contributed by atoms with van der Waals surface area (Å²) in [5, 5.41) is 3.49. The van der Waals surface area contributed by atoms with Crippen molar-refractivity contribution in [3.05, 3.63) is 0 Å². The van der Waals surface area contributed by atoms with E-state index in [0.717, 1.165) is 45.9 Å². The van der Waals surface area contributed by atoms with Crippen molar-refractivity contribution < 1.29 is 9.47 Å². The van der Waals surface area contributed by atoms with Gasteiger partial charge in [-0.3, -0.25) is 29.4 Å². The molecular weight excluding hydrogens is 647 g/mol. The van der Waals surface area contributed by atoms with Gasteiger partial charge in [0.2, 0.25) is 0 Å². The highest BCUT2D eigenvalue weighted by Crippen LogP contribution is 2.21.